The summed E-state index contributed by atoms with van der Waals surface area (Å²) in [5.74, 6) is 1.97. The van der Waals surface area contributed by atoms with Gasteiger partial charge in [-0.15, -0.1) is 0 Å². The maximum atomic E-state index is 5.52. The molecule has 1 N–H and O–H groups in total. The average molecular weight is 285 g/mol. The van der Waals surface area contributed by atoms with Crippen molar-refractivity contribution in [3.63, 3.8) is 0 Å². The van der Waals surface area contributed by atoms with Gasteiger partial charge in [-0.25, -0.2) is 0 Å². The van der Waals surface area contributed by atoms with Gasteiger partial charge in [-0.05, 0) is 31.9 Å². The largest absolute Gasteiger partial charge is 0.339 e. The highest BCUT2D eigenvalue weighted by Gasteiger charge is 2.32. The van der Waals surface area contributed by atoms with Gasteiger partial charge >= 0.3 is 0 Å². The summed E-state index contributed by atoms with van der Waals surface area (Å²) in [6.45, 7) is 5.23. The van der Waals surface area contributed by atoms with Gasteiger partial charge in [-0.1, -0.05) is 48.3 Å². The van der Waals surface area contributed by atoms with E-state index in [1.54, 1.807) is 0 Å². The van der Waals surface area contributed by atoms with Crippen molar-refractivity contribution >= 4 is 0 Å². The molecule has 1 fully saturated rings. The van der Waals surface area contributed by atoms with E-state index < -0.39 is 0 Å². The summed E-state index contributed by atoms with van der Waals surface area (Å²) in [6, 6.07) is 8.98. The number of aromatic nitrogens is 2. The van der Waals surface area contributed by atoms with Crippen LogP contribution in [0.5, 0.6) is 0 Å². The Morgan fingerprint density at radius 1 is 1.24 bits per heavy atom. The van der Waals surface area contributed by atoms with Gasteiger partial charge in [0.25, 0.3) is 0 Å². The molecule has 1 aromatic carbocycles. The molecular formula is C17H23N3O. The standard InChI is InChI=1S/C17H23N3O/c1-3-18-15-6-4-5-14(15)17-19-16(20-21-17)11-13-9-7-12(2)8-10-13/h7-10,14-15,18H,3-6,11H2,1-2H3. The van der Waals surface area contributed by atoms with E-state index in [-0.39, 0.29) is 0 Å². The molecule has 3 rings (SSSR count). The van der Waals surface area contributed by atoms with E-state index in [4.69, 9.17) is 4.52 Å². The van der Waals surface area contributed by atoms with Crippen LogP contribution in [0.1, 0.15) is 54.9 Å². The van der Waals surface area contributed by atoms with Crippen molar-refractivity contribution in [3.8, 4) is 0 Å². The Bertz CT molecular complexity index is 576. The molecule has 1 saturated carbocycles. The molecule has 0 radical (unpaired) electrons. The zero-order valence-corrected chi connectivity index (χ0v) is 12.8. The van der Waals surface area contributed by atoms with Crippen LogP contribution >= 0.6 is 0 Å². The molecule has 0 spiro atoms. The molecule has 21 heavy (non-hydrogen) atoms. The fraction of sp³-hybridized carbons (Fsp3) is 0.529. The van der Waals surface area contributed by atoms with Crippen LogP contribution in [0.4, 0.5) is 0 Å². The molecule has 0 aliphatic heterocycles. The van der Waals surface area contributed by atoms with Gasteiger partial charge in [-0.3, -0.25) is 0 Å². The predicted octanol–water partition coefficient (Wildman–Crippen LogP) is 3.21. The van der Waals surface area contributed by atoms with Crippen LogP contribution in [0, 0.1) is 6.92 Å². The number of likely N-dealkylation sites (N-methyl/N-ethyl adjacent to an activating group) is 1. The number of hydrogen-bond donors (Lipinski definition) is 1. The first-order valence-electron chi connectivity index (χ1n) is 7.87. The Labute approximate surface area is 126 Å². The zero-order chi connectivity index (χ0) is 14.7. The number of nitrogens with one attached hydrogen (secondary N) is 1. The van der Waals surface area contributed by atoms with Gasteiger partial charge in [0.1, 0.15) is 0 Å². The zero-order valence-electron chi connectivity index (χ0n) is 12.8. The van der Waals surface area contributed by atoms with Gasteiger partial charge in [0.15, 0.2) is 5.82 Å². The molecule has 112 valence electrons. The summed E-state index contributed by atoms with van der Waals surface area (Å²) in [7, 11) is 0. The highest BCUT2D eigenvalue weighted by molar-refractivity contribution is 5.23. The quantitative estimate of drug-likeness (QED) is 0.916. The fourth-order valence-corrected chi connectivity index (χ4v) is 3.14. The van der Waals surface area contributed by atoms with Crippen molar-refractivity contribution < 1.29 is 4.52 Å². The van der Waals surface area contributed by atoms with Crippen LogP contribution < -0.4 is 5.32 Å². The van der Waals surface area contributed by atoms with Crippen molar-refractivity contribution in [1.29, 1.82) is 0 Å². The molecule has 1 aromatic heterocycles. The normalized spacial score (nSPS) is 21.8. The molecule has 4 heteroatoms. The van der Waals surface area contributed by atoms with Gasteiger partial charge < -0.3 is 9.84 Å². The summed E-state index contributed by atoms with van der Waals surface area (Å²) in [6.07, 6.45) is 4.32. The highest BCUT2D eigenvalue weighted by atomic mass is 16.5. The Morgan fingerprint density at radius 3 is 2.81 bits per heavy atom. The second kappa shape index (κ2) is 6.39. The summed E-state index contributed by atoms with van der Waals surface area (Å²) in [4.78, 5) is 4.62. The van der Waals surface area contributed by atoms with Gasteiger partial charge in [0.05, 0.1) is 5.92 Å². The molecule has 1 heterocycles. The minimum Gasteiger partial charge on any atom is -0.339 e. The number of aryl methyl sites for hydroxylation is 1. The summed E-state index contributed by atoms with van der Waals surface area (Å²) < 4.78 is 5.52. The van der Waals surface area contributed by atoms with E-state index in [1.165, 1.54) is 24.0 Å². The third-order valence-electron chi connectivity index (χ3n) is 4.27. The van der Waals surface area contributed by atoms with E-state index in [2.05, 4.69) is 53.6 Å². The molecule has 4 nitrogen and oxygen atoms in total. The van der Waals surface area contributed by atoms with Crippen LogP contribution in [0.15, 0.2) is 28.8 Å². The van der Waals surface area contributed by atoms with Gasteiger partial charge in [0, 0.05) is 12.5 Å². The molecule has 2 atom stereocenters. The first-order chi connectivity index (χ1) is 10.3. The van der Waals surface area contributed by atoms with Crippen molar-refractivity contribution in [3.05, 3.63) is 47.1 Å². The van der Waals surface area contributed by atoms with E-state index in [0.717, 1.165) is 31.1 Å². The molecule has 1 aliphatic carbocycles. The molecular weight excluding hydrogens is 262 g/mol. The smallest absolute Gasteiger partial charge is 0.231 e. The monoisotopic (exact) mass is 285 g/mol. The second-order valence-electron chi connectivity index (χ2n) is 5.91. The lowest BCUT2D eigenvalue weighted by Crippen LogP contribution is -2.31. The van der Waals surface area contributed by atoms with Crippen LogP contribution in [0.2, 0.25) is 0 Å². The van der Waals surface area contributed by atoms with Crippen LogP contribution in [0.3, 0.4) is 0 Å². The summed E-state index contributed by atoms with van der Waals surface area (Å²) in [5.41, 5.74) is 2.49. The molecule has 0 saturated heterocycles. The Hall–Kier alpha value is -1.68. The molecule has 2 aromatic rings. The first kappa shape index (κ1) is 14.3. The predicted molar refractivity (Wildman–Crippen MR) is 82.3 cm³/mol. The van der Waals surface area contributed by atoms with Crippen molar-refractivity contribution in [2.24, 2.45) is 0 Å². The maximum absolute atomic E-state index is 5.52. The summed E-state index contributed by atoms with van der Waals surface area (Å²) in [5, 5.41) is 7.69. The molecule has 1 aliphatic rings. The topological polar surface area (TPSA) is 51.0 Å². The lowest BCUT2D eigenvalue weighted by molar-refractivity contribution is 0.329. The van der Waals surface area contributed by atoms with E-state index in [0.29, 0.717) is 12.0 Å². The Kier molecular flexibility index (Phi) is 4.34. The minimum atomic E-state index is 0.379. The highest BCUT2D eigenvalue weighted by Crippen LogP contribution is 2.33. The fourth-order valence-electron chi connectivity index (χ4n) is 3.14. The number of benzene rings is 1. The lowest BCUT2D eigenvalue weighted by Gasteiger charge is -2.16. The van der Waals surface area contributed by atoms with Crippen molar-refractivity contribution in [2.45, 2.75) is 51.5 Å². The molecule has 0 amide bonds. The van der Waals surface area contributed by atoms with Crippen LogP contribution in [0.25, 0.3) is 0 Å². The first-order valence-corrected chi connectivity index (χ1v) is 7.87. The van der Waals surface area contributed by atoms with Gasteiger partial charge in [0.2, 0.25) is 5.89 Å². The molecule has 0 bridgehead atoms. The minimum absolute atomic E-state index is 0.379. The Morgan fingerprint density at radius 2 is 2.05 bits per heavy atom. The number of hydrogen-bond acceptors (Lipinski definition) is 4. The van der Waals surface area contributed by atoms with Crippen molar-refractivity contribution in [1.82, 2.24) is 15.5 Å². The maximum Gasteiger partial charge on any atom is 0.231 e. The average Bonchev–Trinajstić information content (AvgIpc) is 3.11. The van der Waals surface area contributed by atoms with Gasteiger partial charge in [-0.2, -0.15) is 4.98 Å². The Balaban J connectivity index is 1.69. The molecule has 2 unspecified atom stereocenters. The van der Waals surface area contributed by atoms with Crippen LogP contribution in [-0.4, -0.2) is 22.7 Å². The SMILES string of the molecule is CCNC1CCCC1c1nc(Cc2ccc(C)cc2)no1. The number of rotatable bonds is 5. The van der Waals surface area contributed by atoms with Crippen molar-refractivity contribution in [2.75, 3.05) is 6.54 Å². The second-order valence-corrected chi connectivity index (χ2v) is 5.91. The third kappa shape index (κ3) is 3.32. The third-order valence-corrected chi connectivity index (χ3v) is 4.27. The number of nitrogens with zero attached hydrogens (tertiary/aromatic N) is 2. The van der Waals surface area contributed by atoms with E-state index in [9.17, 15) is 0 Å². The summed E-state index contributed by atoms with van der Waals surface area (Å²) >= 11 is 0. The van der Waals surface area contributed by atoms with E-state index in [1.807, 2.05) is 0 Å². The van der Waals surface area contributed by atoms with E-state index >= 15 is 0 Å². The van der Waals surface area contributed by atoms with Crippen LogP contribution in [-0.2, 0) is 6.42 Å². The lowest BCUT2D eigenvalue weighted by atomic mass is 10.0.